The van der Waals surface area contributed by atoms with Gasteiger partial charge in [-0.15, -0.1) is 0 Å². The van der Waals surface area contributed by atoms with Crippen LogP contribution in [0.25, 0.3) is 0 Å². The van der Waals surface area contributed by atoms with E-state index in [4.69, 9.17) is 5.26 Å². The van der Waals surface area contributed by atoms with Gasteiger partial charge in [0.15, 0.2) is 0 Å². The molecule has 20 heavy (non-hydrogen) atoms. The van der Waals surface area contributed by atoms with E-state index in [1.807, 2.05) is 6.07 Å². The van der Waals surface area contributed by atoms with Crippen molar-refractivity contribution in [1.29, 1.82) is 5.26 Å². The number of carbonyl (C=O) groups excluding carboxylic acids is 3. The Balaban J connectivity index is 1.99. The van der Waals surface area contributed by atoms with Crippen molar-refractivity contribution < 1.29 is 14.4 Å². The van der Waals surface area contributed by atoms with Gasteiger partial charge in [0.05, 0.1) is 12.5 Å². The SMILES string of the molecule is CN(CCC#N)C(=O)CN1C(=O)NC2(CCCC2)C1=O. The molecule has 0 atom stereocenters. The van der Waals surface area contributed by atoms with Gasteiger partial charge in [-0.05, 0) is 12.8 Å². The number of hydrogen-bond donors (Lipinski definition) is 1. The van der Waals surface area contributed by atoms with Gasteiger partial charge < -0.3 is 10.2 Å². The van der Waals surface area contributed by atoms with Gasteiger partial charge >= 0.3 is 6.03 Å². The smallest absolute Gasteiger partial charge is 0.325 e. The van der Waals surface area contributed by atoms with Gasteiger partial charge in [0.1, 0.15) is 12.1 Å². The number of nitriles is 1. The van der Waals surface area contributed by atoms with E-state index in [2.05, 4.69) is 5.32 Å². The molecular formula is C13H18N4O3. The molecule has 0 aromatic rings. The average molecular weight is 278 g/mol. The first kappa shape index (κ1) is 14.3. The summed E-state index contributed by atoms with van der Waals surface area (Å²) in [6, 6.07) is 1.46. The Kier molecular flexibility index (Phi) is 3.93. The van der Waals surface area contributed by atoms with Gasteiger partial charge in [-0.3, -0.25) is 14.5 Å². The highest BCUT2D eigenvalue weighted by atomic mass is 16.2. The van der Waals surface area contributed by atoms with Crippen molar-refractivity contribution >= 4 is 17.8 Å². The highest BCUT2D eigenvalue weighted by Gasteiger charge is 2.52. The van der Waals surface area contributed by atoms with Gasteiger partial charge in [0, 0.05) is 13.6 Å². The third-order valence-corrected chi connectivity index (χ3v) is 3.98. The summed E-state index contributed by atoms with van der Waals surface area (Å²) in [4.78, 5) is 38.5. The molecule has 7 heteroatoms. The van der Waals surface area contributed by atoms with Gasteiger partial charge in [0.2, 0.25) is 5.91 Å². The Hall–Kier alpha value is -2.10. The third-order valence-electron chi connectivity index (χ3n) is 3.98. The summed E-state index contributed by atoms with van der Waals surface area (Å²) in [6.07, 6.45) is 3.34. The molecule has 0 unspecified atom stereocenters. The highest BCUT2D eigenvalue weighted by molar-refractivity contribution is 6.09. The predicted molar refractivity (Wildman–Crippen MR) is 69.3 cm³/mol. The van der Waals surface area contributed by atoms with Gasteiger partial charge in [-0.1, -0.05) is 12.8 Å². The maximum atomic E-state index is 12.3. The van der Waals surface area contributed by atoms with E-state index in [-0.39, 0.29) is 24.8 Å². The molecule has 2 rings (SSSR count). The molecule has 1 heterocycles. The van der Waals surface area contributed by atoms with E-state index in [1.165, 1.54) is 4.90 Å². The molecule has 4 amide bonds. The molecule has 0 aromatic carbocycles. The summed E-state index contributed by atoms with van der Waals surface area (Å²) < 4.78 is 0. The Morgan fingerprint density at radius 2 is 2.10 bits per heavy atom. The molecule has 0 radical (unpaired) electrons. The van der Waals surface area contributed by atoms with Crippen LogP contribution >= 0.6 is 0 Å². The summed E-state index contributed by atoms with van der Waals surface area (Å²) in [7, 11) is 1.56. The number of nitrogens with zero attached hydrogens (tertiary/aromatic N) is 3. The van der Waals surface area contributed by atoms with Crippen molar-refractivity contribution in [2.45, 2.75) is 37.6 Å². The number of rotatable bonds is 4. The first-order chi connectivity index (χ1) is 9.50. The van der Waals surface area contributed by atoms with Crippen molar-refractivity contribution in [3.63, 3.8) is 0 Å². The van der Waals surface area contributed by atoms with Crippen LogP contribution < -0.4 is 5.32 Å². The summed E-state index contributed by atoms with van der Waals surface area (Å²) in [5, 5.41) is 11.2. The molecule has 7 nitrogen and oxygen atoms in total. The molecule has 1 spiro atoms. The van der Waals surface area contributed by atoms with Crippen LogP contribution in [-0.4, -0.2) is 53.3 Å². The summed E-state index contributed by atoms with van der Waals surface area (Å²) in [5.41, 5.74) is -0.775. The van der Waals surface area contributed by atoms with Crippen LogP contribution in [0.5, 0.6) is 0 Å². The molecular weight excluding hydrogens is 260 g/mol. The Labute approximate surface area is 117 Å². The predicted octanol–water partition coefficient (Wildman–Crippen LogP) is 0.223. The minimum atomic E-state index is -0.775. The fourth-order valence-corrected chi connectivity index (χ4v) is 2.74. The second-order valence-corrected chi connectivity index (χ2v) is 5.33. The Morgan fingerprint density at radius 1 is 1.45 bits per heavy atom. The van der Waals surface area contributed by atoms with E-state index in [0.29, 0.717) is 19.4 Å². The summed E-state index contributed by atoms with van der Waals surface area (Å²) in [5.74, 6) is -0.624. The zero-order chi connectivity index (χ0) is 14.8. The van der Waals surface area contributed by atoms with E-state index in [0.717, 1.165) is 17.7 Å². The van der Waals surface area contributed by atoms with Crippen molar-refractivity contribution in [3.05, 3.63) is 0 Å². The van der Waals surface area contributed by atoms with Crippen LogP contribution in [0.1, 0.15) is 32.1 Å². The van der Waals surface area contributed by atoms with Crippen LogP contribution in [0.15, 0.2) is 0 Å². The second kappa shape index (κ2) is 5.49. The monoisotopic (exact) mass is 278 g/mol. The minimum absolute atomic E-state index is 0.228. The molecule has 0 aromatic heterocycles. The van der Waals surface area contributed by atoms with Crippen molar-refractivity contribution in [1.82, 2.24) is 15.1 Å². The minimum Gasteiger partial charge on any atom is -0.343 e. The number of imide groups is 1. The highest BCUT2D eigenvalue weighted by Crippen LogP contribution is 2.34. The molecule has 2 fully saturated rings. The number of nitrogens with one attached hydrogen (secondary N) is 1. The van der Waals surface area contributed by atoms with Crippen molar-refractivity contribution in [2.24, 2.45) is 0 Å². The quantitative estimate of drug-likeness (QED) is 0.744. The zero-order valence-electron chi connectivity index (χ0n) is 11.5. The zero-order valence-corrected chi connectivity index (χ0v) is 11.5. The van der Waals surface area contributed by atoms with Gasteiger partial charge in [0.25, 0.3) is 5.91 Å². The first-order valence-electron chi connectivity index (χ1n) is 6.75. The second-order valence-electron chi connectivity index (χ2n) is 5.33. The molecule has 108 valence electrons. The molecule has 1 saturated heterocycles. The molecule has 1 saturated carbocycles. The molecule has 1 N–H and O–H groups in total. The standard InChI is InChI=1S/C13H18N4O3/c1-16(8-4-7-14)10(18)9-17-11(19)13(15-12(17)20)5-2-3-6-13/h2-6,8-9H2,1H3,(H,15,20). The van der Waals surface area contributed by atoms with Crippen LogP contribution in [0.4, 0.5) is 4.79 Å². The average Bonchev–Trinajstić information content (AvgIpc) is 2.97. The lowest BCUT2D eigenvalue weighted by Crippen LogP contribution is -2.45. The lowest BCUT2D eigenvalue weighted by Gasteiger charge is -2.21. The van der Waals surface area contributed by atoms with Gasteiger partial charge in [-0.2, -0.15) is 5.26 Å². The van der Waals surface area contributed by atoms with Crippen LogP contribution in [0, 0.1) is 11.3 Å². The maximum absolute atomic E-state index is 12.3. The lowest BCUT2D eigenvalue weighted by atomic mass is 9.98. The largest absolute Gasteiger partial charge is 0.343 e. The van der Waals surface area contributed by atoms with Crippen LogP contribution in [0.2, 0.25) is 0 Å². The van der Waals surface area contributed by atoms with E-state index >= 15 is 0 Å². The normalized spacial score (nSPS) is 20.1. The maximum Gasteiger partial charge on any atom is 0.325 e. The van der Waals surface area contributed by atoms with Crippen molar-refractivity contribution in [3.8, 4) is 6.07 Å². The molecule has 1 aliphatic heterocycles. The third kappa shape index (κ3) is 2.46. The fraction of sp³-hybridized carbons (Fsp3) is 0.692. The number of likely N-dealkylation sites (N-methyl/N-ethyl adjacent to an activating group) is 1. The Morgan fingerprint density at radius 3 is 2.70 bits per heavy atom. The van der Waals surface area contributed by atoms with Gasteiger partial charge in [-0.25, -0.2) is 4.79 Å². The molecule has 2 aliphatic rings. The molecule has 1 aliphatic carbocycles. The topological polar surface area (TPSA) is 93.5 Å². The van der Waals surface area contributed by atoms with Crippen LogP contribution in [0.3, 0.4) is 0 Å². The molecule has 0 bridgehead atoms. The fourth-order valence-electron chi connectivity index (χ4n) is 2.74. The van der Waals surface area contributed by atoms with Crippen LogP contribution in [-0.2, 0) is 9.59 Å². The number of urea groups is 1. The lowest BCUT2D eigenvalue weighted by molar-refractivity contribution is -0.138. The number of carbonyl (C=O) groups is 3. The van der Waals surface area contributed by atoms with E-state index in [9.17, 15) is 14.4 Å². The van der Waals surface area contributed by atoms with E-state index < -0.39 is 11.6 Å². The summed E-state index contributed by atoms with van der Waals surface area (Å²) in [6.45, 7) is 0.0401. The van der Waals surface area contributed by atoms with E-state index in [1.54, 1.807) is 7.05 Å². The summed E-state index contributed by atoms with van der Waals surface area (Å²) >= 11 is 0. The number of amides is 4. The Bertz CT molecular complexity index is 476. The first-order valence-corrected chi connectivity index (χ1v) is 6.75. The number of hydrogen-bond acceptors (Lipinski definition) is 4. The van der Waals surface area contributed by atoms with Crippen molar-refractivity contribution in [2.75, 3.05) is 20.1 Å².